The van der Waals surface area contributed by atoms with E-state index in [0.717, 1.165) is 27.1 Å². The second-order valence-electron chi connectivity index (χ2n) is 7.39. The molecule has 0 aliphatic carbocycles. The first-order valence-electron chi connectivity index (χ1n) is 10.2. The Balaban J connectivity index is 1.72. The maximum atomic E-state index is 13.2. The predicted octanol–water partition coefficient (Wildman–Crippen LogP) is 6.64. The molecule has 6 nitrogen and oxygen atoms in total. The van der Waals surface area contributed by atoms with Gasteiger partial charge in [0, 0.05) is 34.6 Å². The van der Waals surface area contributed by atoms with Crippen molar-refractivity contribution in [1.82, 2.24) is 5.32 Å². The fraction of sp³-hybridized carbons (Fsp3) is 0.167. The average Bonchev–Trinajstić information content (AvgIpc) is 2.78. The standard InChI is InChI=1S/C24H22BrF3N4O2/c1-16-8-10-19(11-9-16)31-23(34)32(21-7-2-4-17(14-21)24(26,27)28)13-12-29-22(33)30-20-6-3-5-18(25)15-20/h2-11,14-15H,12-13H2,1H3,(H,31,34)(H2,29,30,33). The van der Waals surface area contributed by atoms with E-state index in [1.165, 1.54) is 12.1 Å². The van der Waals surface area contributed by atoms with E-state index in [1.54, 1.807) is 42.5 Å². The minimum Gasteiger partial charge on any atom is -0.336 e. The van der Waals surface area contributed by atoms with Crippen molar-refractivity contribution in [1.29, 1.82) is 0 Å². The van der Waals surface area contributed by atoms with Crippen molar-refractivity contribution in [3.8, 4) is 0 Å². The lowest BCUT2D eigenvalue weighted by Gasteiger charge is -2.24. The van der Waals surface area contributed by atoms with Crippen molar-refractivity contribution in [2.24, 2.45) is 0 Å². The van der Waals surface area contributed by atoms with Crippen LogP contribution in [-0.4, -0.2) is 25.2 Å². The van der Waals surface area contributed by atoms with Crippen LogP contribution in [0.5, 0.6) is 0 Å². The van der Waals surface area contributed by atoms with Crippen LogP contribution >= 0.6 is 15.9 Å². The summed E-state index contributed by atoms with van der Waals surface area (Å²) in [7, 11) is 0. The Morgan fingerprint density at radius 3 is 2.29 bits per heavy atom. The molecule has 3 rings (SSSR count). The Hall–Kier alpha value is -3.53. The number of alkyl halides is 3. The van der Waals surface area contributed by atoms with Crippen molar-refractivity contribution < 1.29 is 22.8 Å². The van der Waals surface area contributed by atoms with Crippen LogP contribution in [0.15, 0.2) is 77.3 Å². The predicted molar refractivity (Wildman–Crippen MR) is 130 cm³/mol. The second-order valence-corrected chi connectivity index (χ2v) is 8.30. The zero-order valence-corrected chi connectivity index (χ0v) is 19.7. The van der Waals surface area contributed by atoms with Gasteiger partial charge in [0.2, 0.25) is 0 Å². The van der Waals surface area contributed by atoms with Gasteiger partial charge in [-0.05, 0) is 55.5 Å². The smallest absolute Gasteiger partial charge is 0.336 e. The monoisotopic (exact) mass is 534 g/mol. The molecule has 34 heavy (non-hydrogen) atoms. The fourth-order valence-corrected chi connectivity index (χ4v) is 3.45. The summed E-state index contributed by atoms with van der Waals surface area (Å²) in [5.41, 5.74) is 1.21. The van der Waals surface area contributed by atoms with Crippen LogP contribution in [0.2, 0.25) is 0 Å². The molecule has 10 heteroatoms. The van der Waals surface area contributed by atoms with Crippen molar-refractivity contribution >= 4 is 45.1 Å². The molecule has 3 aromatic rings. The van der Waals surface area contributed by atoms with Gasteiger partial charge in [0.25, 0.3) is 0 Å². The number of rotatable bonds is 6. The van der Waals surface area contributed by atoms with E-state index in [1.807, 2.05) is 13.0 Å². The van der Waals surface area contributed by atoms with Crippen LogP contribution in [0, 0.1) is 6.92 Å². The van der Waals surface area contributed by atoms with E-state index in [0.29, 0.717) is 11.4 Å². The van der Waals surface area contributed by atoms with Crippen LogP contribution in [0.1, 0.15) is 11.1 Å². The number of hydrogen-bond donors (Lipinski definition) is 3. The number of anilines is 3. The molecule has 0 aliphatic rings. The van der Waals surface area contributed by atoms with E-state index in [4.69, 9.17) is 0 Å². The van der Waals surface area contributed by atoms with E-state index >= 15 is 0 Å². The number of nitrogens with zero attached hydrogens (tertiary/aromatic N) is 1. The Labute approximate surface area is 203 Å². The zero-order chi connectivity index (χ0) is 24.7. The number of urea groups is 2. The van der Waals surface area contributed by atoms with E-state index in [9.17, 15) is 22.8 Å². The summed E-state index contributed by atoms with van der Waals surface area (Å²) in [6.45, 7) is 1.83. The summed E-state index contributed by atoms with van der Waals surface area (Å²) in [6.07, 6.45) is -4.56. The molecule has 0 saturated carbocycles. The lowest BCUT2D eigenvalue weighted by atomic mass is 10.2. The van der Waals surface area contributed by atoms with Crippen molar-refractivity contribution in [2.75, 3.05) is 28.6 Å². The summed E-state index contributed by atoms with van der Waals surface area (Å²) in [5, 5.41) is 7.95. The molecule has 0 atom stereocenters. The Morgan fingerprint density at radius 2 is 1.62 bits per heavy atom. The van der Waals surface area contributed by atoms with Gasteiger partial charge < -0.3 is 16.0 Å². The lowest BCUT2D eigenvalue weighted by molar-refractivity contribution is -0.137. The minimum atomic E-state index is -4.56. The number of nitrogens with one attached hydrogen (secondary N) is 3. The van der Waals surface area contributed by atoms with Crippen LogP contribution in [0.4, 0.5) is 39.8 Å². The van der Waals surface area contributed by atoms with Gasteiger partial charge in [-0.1, -0.05) is 45.8 Å². The molecule has 0 heterocycles. The van der Waals surface area contributed by atoms with E-state index < -0.39 is 23.8 Å². The number of halogens is 4. The summed E-state index contributed by atoms with van der Waals surface area (Å²) < 4.78 is 40.5. The quantitative estimate of drug-likeness (QED) is 0.331. The maximum absolute atomic E-state index is 13.2. The zero-order valence-electron chi connectivity index (χ0n) is 18.1. The van der Waals surface area contributed by atoms with Gasteiger partial charge in [-0.15, -0.1) is 0 Å². The second kappa shape index (κ2) is 11.1. The Kier molecular flexibility index (Phi) is 8.17. The van der Waals surface area contributed by atoms with Gasteiger partial charge in [-0.2, -0.15) is 13.2 Å². The normalized spacial score (nSPS) is 11.0. The van der Waals surface area contributed by atoms with Gasteiger partial charge in [0.1, 0.15) is 0 Å². The van der Waals surface area contributed by atoms with Gasteiger partial charge in [-0.3, -0.25) is 4.90 Å². The van der Waals surface area contributed by atoms with Gasteiger partial charge in [-0.25, -0.2) is 9.59 Å². The van der Waals surface area contributed by atoms with Crippen molar-refractivity contribution in [3.63, 3.8) is 0 Å². The number of carbonyl (C=O) groups excluding carboxylic acids is 2. The first kappa shape index (κ1) is 25.1. The molecule has 0 aromatic heterocycles. The van der Waals surface area contributed by atoms with E-state index in [2.05, 4.69) is 31.9 Å². The largest absolute Gasteiger partial charge is 0.416 e. The fourth-order valence-electron chi connectivity index (χ4n) is 3.05. The molecule has 0 fully saturated rings. The Bertz CT molecular complexity index is 1150. The van der Waals surface area contributed by atoms with Crippen LogP contribution in [0.25, 0.3) is 0 Å². The molecule has 0 aliphatic heterocycles. The molecule has 0 bridgehead atoms. The van der Waals surface area contributed by atoms with Crippen LogP contribution in [0.3, 0.4) is 0 Å². The highest BCUT2D eigenvalue weighted by Crippen LogP contribution is 2.31. The average molecular weight is 535 g/mol. The molecule has 4 amide bonds. The minimum absolute atomic E-state index is 0.00258. The highest BCUT2D eigenvalue weighted by molar-refractivity contribution is 9.10. The van der Waals surface area contributed by atoms with Crippen molar-refractivity contribution in [3.05, 3.63) is 88.4 Å². The number of hydrogen-bond acceptors (Lipinski definition) is 2. The summed E-state index contributed by atoms with van der Waals surface area (Å²) in [5.74, 6) is 0. The molecule has 3 aromatic carbocycles. The van der Waals surface area contributed by atoms with Crippen LogP contribution < -0.4 is 20.9 Å². The summed E-state index contributed by atoms with van der Waals surface area (Å²) in [4.78, 5) is 26.3. The summed E-state index contributed by atoms with van der Waals surface area (Å²) in [6, 6.07) is 17.3. The number of aryl methyl sites for hydroxylation is 1. The lowest BCUT2D eigenvalue weighted by Crippen LogP contribution is -2.42. The van der Waals surface area contributed by atoms with Crippen LogP contribution in [-0.2, 0) is 6.18 Å². The highest BCUT2D eigenvalue weighted by atomic mass is 79.9. The number of amides is 4. The van der Waals surface area contributed by atoms with Gasteiger partial charge in [0.15, 0.2) is 0 Å². The molecule has 0 radical (unpaired) electrons. The third-order valence-corrected chi connectivity index (χ3v) is 5.23. The molecule has 178 valence electrons. The third kappa shape index (κ3) is 7.24. The molecule has 0 spiro atoms. The first-order chi connectivity index (χ1) is 16.1. The molecule has 0 unspecified atom stereocenters. The molecular formula is C24H22BrF3N4O2. The summed E-state index contributed by atoms with van der Waals surface area (Å²) >= 11 is 3.31. The molecular weight excluding hydrogens is 513 g/mol. The SMILES string of the molecule is Cc1ccc(NC(=O)N(CCNC(=O)Nc2cccc(Br)c2)c2cccc(C(F)(F)F)c2)cc1. The highest BCUT2D eigenvalue weighted by Gasteiger charge is 2.31. The maximum Gasteiger partial charge on any atom is 0.416 e. The number of benzene rings is 3. The van der Waals surface area contributed by atoms with Crippen molar-refractivity contribution in [2.45, 2.75) is 13.1 Å². The van der Waals surface area contributed by atoms with E-state index in [-0.39, 0.29) is 18.8 Å². The first-order valence-corrected chi connectivity index (χ1v) is 11.0. The molecule has 3 N–H and O–H groups in total. The number of carbonyl (C=O) groups is 2. The molecule has 0 saturated heterocycles. The Morgan fingerprint density at radius 1 is 0.912 bits per heavy atom. The topological polar surface area (TPSA) is 73.5 Å². The van der Waals surface area contributed by atoms with Gasteiger partial charge in [0.05, 0.1) is 5.56 Å². The van der Waals surface area contributed by atoms with Gasteiger partial charge >= 0.3 is 18.2 Å². The third-order valence-electron chi connectivity index (χ3n) is 4.74.